The van der Waals surface area contributed by atoms with Crippen molar-refractivity contribution in [2.45, 2.75) is 38.8 Å². The minimum absolute atomic E-state index is 0.107. The van der Waals surface area contributed by atoms with Crippen molar-refractivity contribution in [1.82, 2.24) is 5.32 Å². The van der Waals surface area contributed by atoms with E-state index in [1.807, 2.05) is 48.5 Å². The summed E-state index contributed by atoms with van der Waals surface area (Å²) >= 11 is 0. The van der Waals surface area contributed by atoms with Crippen molar-refractivity contribution in [3.05, 3.63) is 71.8 Å². The molecular formula is C19H23NO2. The number of carbonyl (C=O) groups excluding carboxylic acids is 1. The van der Waals surface area contributed by atoms with Gasteiger partial charge in [0.1, 0.15) is 6.61 Å². The summed E-state index contributed by atoms with van der Waals surface area (Å²) in [5.74, 6) is 0. The molecule has 0 aliphatic heterocycles. The van der Waals surface area contributed by atoms with Crippen molar-refractivity contribution in [2.75, 3.05) is 0 Å². The summed E-state index contributed by atoms with van der Waals surface area (Å²) in [6.45, 7) is 2.42. The summed E-state index contributed by atoms with van der Waals surface area (Å²) < 4.78 is 5.29. The Morgan fingerprint density at radius 2 is 1.59 bits per heavy atom. The molecule has 0 radical (unpaired) electrons. The van der Waals surface area contributed by atoms with E-state index in [2.05, 4.69) is 24.4 Å². The molecule has 1 amide bonds. The van der Waals surface area contributed by atoms with Gasteiger partial charge in [-0.1, -0.05) is 74.0 Å². The van der Waals surface area contributed by atoms with Crippen LogP contribution in [0.25, 0.3) is 0 Å². The van der Waals surface area contributed by atoms with Gasteiger partial charge in [-0.25, -0.2) is 4.79 Å². The molecule has 2 aromatic carbocycles. The van der Waals surface area contributed by atoms with Crippen molar-refractivity contribution in [3.8, 4) is 0 Å². The van der Waals surface area contributed by atoms with Crippen LogP contribution in [-0.4, -0.2) is 12.1 Å². The summed E-state index contributed by atoms with van der Waals surface area (Å²) in [5.41, 5.74) is 2.22. The minimum Gasteiger partial charge on any atom is -0.445 e. The highest BCUT2D eigenvalue weighted by molar-refractivity contribution is 5.67. The zero-order valence-electron chi connectivity index (χ0n) is 13.0. The number of hydrogen-bond acceptors (Lipinski definition) is 2. The molecule has 0 saturated heterocycles. The molecule has 0 aromatic heterocycles. The number of alkyl carbamates (subject to hydrolysis) is 1. The van der Waals surface area contributed by atoms with Crippen LogP contribution in [0.15, 0.2) is 60.7 Å². The van der Waals surface area contributed by atoms with Gasteiger partial charge in [-0.05, 0) is 24.0 Å². The van der Waals surface area contributed by atoms with Gasteiger partial charge in [-0.15, -0.1) is 0 Å². The number of carbonyl (C=O) groups is 1. The van der Waals surface area contributed by atoms with Gasteiger partial charge >= 0.3 is 6.09 Å². The Morgan fingerprint density at radius 3 is 2.18 bits per heavy atom. The summed E-state index contributed by atoms with van der Waals surface area (Å²) in [5, 5.41) is 2.98. The third-order valence-corrected chi connectivity index (χ3v) is 3.50. The first-order valence-electron chi connectivity index (χ1n) is 7.79. The third kappa shape index (κ3) is 5.60. The second kappa shape index (κ2) is 8.88. The van der Waals surface area contributed by atoms with Crippen LogP contribution in [-0.2, 0) is 17.8 Å². The van der Waals surface area contributed by atoms with Crippen molar-refractivity contribution in [3.63, 3.8) is 0 Å². The molecule has 116 valence electrons. The van der Waals surface area contributed by atoms with Crippen molar-refractivity contribution < 1.29 is 9.53 Å². The van der Waals surface area contributed by atoms with E-state index >= 15 is 0 Å². The first-order chi connectivity index (χ1) is 10.8. The van der Waals surface area contributed by atoms with E-state index in [0.29, 0.717) is 6.61 Å². The van der Waals surface area contributed by atoms with Crippen LogP contribution in [0.1, 0.15) is 30.9 Å². The predicted molar refractivity (Wildman–Crippen MR) is 88.6 cm³/mol. The Morgan fingerprint density at radius 1 is 1.00 bits per heavy atom. The summed E-state index contributed by atoms with van der Waals surface area (Å²) in [7, 11) is 0. The van der Waals surface area contributed by atoms with Gasteiger partial charge < -0.3 is 10.1 Å². The van der Waals surface area contributed by atoms with Crippen LogP contribution < -0.4 is 5.32 Å². The molecule has 0 bridgehead atoms. The second-order valence-electron chi connectivity index (χ2n) is 5.38. The van der Waals surface area contributed by atoms with Crippen LogP contribution in [0, 0.1) is 0 Å². The molecule has 0 spiro atoms. The van der Waals surface area contributed by atoms with Crippen LogP contribution in [0.3, 0.4) is 0 Å². The van der Waals surface area contributed by atoms with E-state index < -0.39 is 0 Å². The van der Waals surface area contributed by atoms with Crippen LogP contribution in [0.4, 0.5) is 4.79 Å². The number of amides is 1. The van der Waals surface area contributed by atoms with Crippen molar-refractivity contribution in [1.29, 1.82) is 0 Å². The van der Waals surface area contributed by atoms with E-state index in [0.717, 1.165) is 24.8 Å². The lowest BCUT2D eigenvalue weighted by Crippen LogP contribution is -2.36. The quantitative estimate of drug-likeness (QED) is 0.826. The van der Waals surface area contributed by atoms with E-state index in [4.69, 9.17) is 4.74 Å². The van der Waals surface area contributed by atoms with E-state index in [1.54, 1.807) is 0 Å². The Balaban J connectivity index is 1.83. The molecule has 3 heteroatoms. The first kappa shape index (κ1) is 16.1. The van der Waals surface area contributed by atoms with Gasteiger partial charge in [0.2, 0.25) is 0 Å². The molecule has 0 aliphatic rings. The topological polar surface area (TPSA) is 38.3 Å². The van der Waals surface area contributed by atoms with Crippen LogP contribution in [0.5, 0.6) is 0 Å². The molecule has 1 N–H and O–H groups in total. The van der Waals surface area contributed by atoms with Gasteiger partial charge in [-0.2, -0.15) is 0 Å². The number of hydrogen-bond donors (Lipinski definition) is 1. The van der Waals surface area contributed by atoms with Crippen molar-refractivity contribution >= 4 is 6.09 Å². The Bertz CT molecular complexity index is 554. The molecule has 1 atom stereocenters. The molecule has 22 heavy (non-hydrogen) atoms. The number of ether oxygens (including phenoxy) is 1. The van der Waals surface area contributed by atoms with E-state index in [1.165, 1.54) is 5.56 Å². The van der Waals surface area contributed by atoms with E-state index in [-0.39, 0.29) is 12.1 Å². The zero-order chi connectivity index (χ0) is 15.6. The fraction of sp³-hybridized carbons (Fsp3) is 0.316. The van der Waals surface area contributed by atoms with Gasteiger partial charge in [0.25, 0.3) is 0 Å². The molecule has 0 aliphatic carbocycles. The number of nitrogens with one attached hydrogen (secondary N) is 1. The predicted octanol–water partition coefficient (Wildman–Crippen LogP) is 4.32. The van der Waals surface area contributed by atoms with E-state index in [9.17, 15) is 4.79 Å². The number of rotatable bonds is 7. The van der Waals surface area contributed by atoms with Crippen LogP contribution >= 0.6 is 0 Å². The van der Waals surface area contributed by atoms with Gasteiger partial charge in [0.15, 0.2) is 0 Å². The summed E-state index contributed by atoms with van der Waals surface area (Å²) in [6.07, 6.45) is 2.44. The maximum atomic E-state index is 12.0. The molecule has 0 saturated carbocycles. The smallest absolute Gasteiger partial charge is 0.407 e. The zero-order valence-corrected chi connectivity index (χ0v) is 13.0. The Kier molecular flexibility index (Phi) is 6.49. The fourth-order valence-electron chi connectivity index (χ4n) is 2.40. The fourth-order valence-corrected chi connectivity index (χ4v) is 2.40. The van der Waals surface area contributed by atoms with Crippen LogP contribution in [0.2, 0.25) is 0 Å². The highest BCUT2D eigenvalue weighted by Gasteiger charge is 2.13. The largest absolute Gasteiger partial charge is 0.445 e. The molecule has 3 nitrogen and oxygen atoms in total. The molecule has 2 aromatic rings. The molecule has 0 fully saturated rings. The maximum Gasteiger partial charge on any atom is 0.407 e. The van der Waals surface area contributed by atoms with Gasteiger partial charge in [-0.3, -0.25) is 0 Å². The number of benzene rings is 2. The second-order valence-corrected chi connectivity index (χ2v) is 5.38. The lowest BCUT2D eigenvalue weighted by Gasteiger charge is -2.18. The first-order valence-corrected chi connectivity index (χ1v) is 7.79. The molecule has 0 heterocycles. The lowest BCUT2D eigenvalue weighted by molar-refractivity contribution is 0.135. The average molecular weight is 297 g/mol. The summed E-state index contributed by atoms with van der Waals surface area (Å²) in [6, 6.07) is 20.0. The Hall–Kier alpha value is -2.29. The summed E-state index contributed by atoms with van der Waals surface area (Å²) in [4.78, 5) is 12.0. The Labute approximate surface area is 132 Å². The molecular weight excluding hydrogens is 274 g/mol. The average Bonchev–Trinajstić information content (AvgIpc) is 2.55. The third-order valence-electron chi connectivity index (χ3n) is 3.50. The highest BCUT2D eigenvalue weighted by atomic mass is 16.5. The van der Waals surface area contributed by atoms with Gasteiger partial charge in [0, 0.05) is 6.04 Å². The van der Waals surface area contributed by atoms with Crippen molar-refractivity contribution in [2.24, 2.45) is 0 Å². The lowest BCUT2D eigenvalue weighted by atomic mass is 10.0. The monoisotopic (exact) mass is 297 g/mol. The van der Waals surface area contributed by atoms with Gasteiger partial charge in [0.05, 0.1) is 0 Å². The highest BCUT2D eigenvalue weighted by Crippen LogP contribution is 2.08. The minimum atomic E-state index is -0.349. The molecule has 0 unspecified atom stereocenters. The normalized spacial score (nSPS) is 11.7. The standard InChI is InChI=1S/C19H23NO2/c1-2-9-18(14-16-10-5-3-6-11-16)20-19(21)22-15-17-12-7-4-8-13-17/h3-8,10-13,18H,2,9,14-15H2,1H3,(H,20,21)/t18-/m0/s1. The SMILES string of the molecule is CCC[C@@H](Cc1ccccc1)NC(=O)OCc1ccccc1. The maximum absolute atomic E-state index is 12.0. The molecule has 2 rings (SSSR count).